The van der Waals surface area contributed by atoms with Crippen molar-refractivity contribution in [3.63, 3.8) is 0 Å². The molecule has 3 aromatic rings. The molecular formula is C24H26FN3O2. The molecule has 1 unspecified atom stereocenters. The minimum Gasteiger partial charge on any atom is -0.342 e. The monoisotopic (exact) mass is 407 g/mol. The van der Waals surface area contributed by atoms with E-state index in [-0.39, 0.29) is 23.5 Å². The molecule has 0 radical (unpaired) electrons. The third-order valence-corrected chi connectivity index (χ3v) is 5.63. The Balaban J connectivity index is 1.33. The number of aromatic nitrogens is 2. The Morgan fingerprint density at radius 3 is 2.93 bits per heavy atom. The Bertz CT molecular complexity index is 1020. The summed E-state index contributed by atoms with van der Waals surface area (Å²) >= 11 is 0. The normalized spacial score (nSPS) is 16.6. The molecule has 156 valence electrons. The highest BCUT2D eigenvalue weighted by molar-refractivity contribution is 5.76. The predicted octanol–water partition coefficient (Wildman–Crippen LogP) is 4.60. The second kappa shape index (κ2) is 9.20. The predicted molar refractivity (Wildman–Crippen MR) is 112 cm³/mol. The van der Waals surface area contributed by atoms with Crippen LogP contribution < -0.4 is 0 Å². The largest absolute Gasteiger partial charge is 0.342 e. The van der Waals surface area contributed by atoms with E-state index < -0.39 is 0 Å². The van der Waals surface area contributed by atoms with E-state index in [9.17, 15) is 9.18 Å². The molecule has 1 aromatic heterocycles. The lowest BCUT2D eigenvalue weighted by atomic mass is 9.94. The fourth-order valence-electron chi connectivity index (χ4n) is 4.07. The van der Waals surface area contributed by atoms with Crippen molar-refractivity contribution in [3.8, 4) is 11.4 Å². The molecule has 6 heteroatoms. The molecule has 4 rings (SSSR count). The number of hydrogen-bond donors (Lipinski definition) is 0. The summed E-state index contributed by atoms with van der Waals surface area (Å²) < 4.78 is 19.3. The minimum atomic E-state index is -0.368. The van der Waals surface area contributed by atoms with Gasteiger partial charge in [0.1, 0.15) is 5.82 Å². The van der Waals surface area contributed by atoms with Crippen molar-refractivity contribution >= 4 is 5.91 Å². The highest BCUT2D eigenvalue weighted by Crippen LogP contribution is 2.24. The van der Waals surface area contributed by atoms with E-state index in [0.717, 1.165) is 25.8 Å². The highest BCUT2D eigenvalue weighted by atomic mass is 19.1. The maximum Gasteiger partial charge on any atom is 0.227 e. The highest BCUT2D eigenvalue weighted by Gasteiger charge is 2.25. The number of hydrogen-bond acceptors (Lipinski definition) is 4. The van der Waals surface area contributed by atoms with Gasteiger partial charge in [-0.3, -0.25) is 4.79 Å². The van der Waals surface area contributed by atoms with Crippen molar-refractivity contribution in [2.45, 2.75) is 39.0 Å². The molecule has 0 bridgehead atoms. The number of carbonyl (C=O) groups is 1. The fraction of sp³-hybridized carbons (Fsp3) is 0.375. The quantitative estimate of drug-likeness (QED) is 0.599. The van der Waals surface area contributed by atoms with Crippen LogP contribution in [0, 0.1) is 18.7 Å². The Labute approximate surface area is 175 Å². The summed E-state index contributed by atoms with van der Waals surface area (Å²) in [5.41, 5.74) is 2.75. The summed E-state index contributed by atoms with van der Waals surface area (Å²) in [6.07, 6.45) is 3.86. The van der Waals surface area contributed by atoms with E-state index in [1.54, 1.807) is 18.2 Å². The summed E-state index contributed by atoms with van der Waals surface area (Å²) in [5, 5.41) is 3.93. The average Bonchev–Trinajstić information content (AvgIpc) is 3.21. The molecule has 1 aliphatic rings. The summed E-state index contributed by atoms with van der Waals surface area (Å²) in [6.45, 7) is 3.56. The van der Waals surface area contributed by atoms with Crippen molar-refractivity contribution in [3.05, 3.63) is 71.4 Å². The number of amides is 1. The van der Waals surface area contributed by atoms with Crippen LogP contribution in [-0.2, 0) is 17.6 Å². The topological polar surface area (TPSA) is 59.2 Å². The molecule has 1 fully saturated rings. The molecule has 2 aromatic carbocycles. The lowest BCUT2D eigenvalue weighted by Crippen LogP contribution is -2.40. The summed E-state index contributed by atoms with van der Waals surface area (Å²) in [6, 6.07) is 14.7. The molecule has 0 saturated carbocycles. The first-order valence-corrected chi connectivity index (χ1v) is 10.5. The van der Waals surface area contributed by atoms with Crippen LogP contribution in [0.25, 0.3) is 11.4 Å². The number of benzene rings is 2. The van der Waals surface area contributed by atoms with Gasteiger partial charge in [0.2, 0.25) is 17.6 Å². The van der Waals surface area contributed by atoms with Crippen LogP contribution in [0.15, 0.2) is 53.1 Å². The number of nitrogens with zero attached hydrogens (tertiary/aromatic N) is 3. The van der Waals surface area contributed by atoms with Crippen molar-refractivity contribution in [2.24, 2.45) is 5.92 Å². The maximum atomic E-state index is 13.9. The van der Waals surface area contributed by atoms with Crippen molar-refractivity contribution in [2.75, 3.05) is 13.1 Å². The SMILES string of the molecule is Cc1cccc(CCC(=O)N2CCCC(Cc3nc(-c4ccccc4F)no3)C2)c1. The molecule has 1 saturated heterocycles. The molecule has 0 N–H and O–H groups in total. The van der Waals surface area contributed by atoms with Gasteiger partial charge in [0.15, 0.2) is 0 Å². The smallest absolute Gasteiger partial charge is 0.227 e. The van der Waals surface area contributed by atoms with E-state index in [1.807, 2.05) is 11.0 Å². The van der Waals surface area contributed by atoms with Gasteiger partial charge in [-0.1, -0.05) is 47.1 Å². The molecule has 1 atom stereocenters. The third-order valence-electron chi connectivity index (χ3n) is 5.63. The summed E-state index contributed by atoms with van der Waals surface area (Å²) in [4.78, 5) is 19.0. The second-order valence-electron chi connectivity index (χ2n) is 8.03. The number of aryl methyl sites for hydroxylation is 2. The van der Waals surface area contributed by atoms with Gasteiger partial charge in [-0.15, -0.1) is 0 Å². The summed E-state index contributed by atoms with van der Waals surface area (Å²) in [5.74, 6) is 0.861. The fourth-order valence-corrected chi connectivity index (χ4v) is 4.07. The van der Waals surface area contributed by atoms with E-state index in [4.69, 9.17) is 4.52 Å². The van der Waals surface area contributed by atoms with Crippen LogP contribution in [0.4, 0.5) is 4.39 Å². The van der Waals surface area contributed by atoms with Gasteiger partial charge in [0, 0.05) is 25.9 Å². The Morgan fingerprint density at radius 1 is 1.23 bits per heavy atom. The first-order valence-electron chi connectivity index (χ1n) is 10.5. The van der Waals surface area contributed by atoms with Crippen LogP contribution >= 0.6 is 0 Å². The second-order valence-corrected chi connectivity index (χ2v) is 8.03. The van der Waals surface area contributed by atoms with Gasteiger partial charge in [-0.2, -0.15) is 4.98 Å². The van der Waals surface area contributed by atoms with Crippen LogP contribution in [0.5, 0.6) is 0 Å². The molecule has 5 nitrogen and oxygen atoms in total. The summed E-state index contributed by atoms with van der Waals surface area (Å²) in [7, 11) is 0. The van der Waals surface area contributed by atoms with Gasteiger partial charge < -0.3 is 9.42 Å². The molecule has 0 spiro atoms. The van der Waals surface area contributed by atoms with E-state index >= 15 is 0 Å². The van der Waals surface area contributed by atoms with Crippen LogP contribution in [0.3, 0.4) is 0 Å². The Kier molecular flexibility index (Phi) is 6.21. The average molecular weight is 407 g/mol. The maximum absolute atomic E-state index is 13.9. The molecule has 2 heterocycles. The molecular weight excluding hydrogens is 381 g/mol. The van der Waals surface area contributed by atoms with Crippen molar-refractivity contribution in [1.82, 2.24) is 15.0 Å². The minimum absolute atomic E-state index is 0.193. The van der Waals surface area contributed by atoms with E-state index in [2.05, 4.69) is 35.3 Å². The number of halogens is 1. The standard InChI is InChI=1S/C24H26FN3O2/c1-17-6-4-7-18(14-17)11-12-23(29)28-13-5-8-19(16-28)15-22-26-24(27-30-22)20-9-2-3-10-21(20)25/h2-4,6-7,9-10,14,19H,5,8,11-13,15-16H2,1H3. The number of piperidine rings is 1. The number of carbonyl (C=O) groups excluding carboxylic acids is 1. The Morgan fingerprint density at radius 2 is 2.10 bits per heavy atom. The first kappa shape index (κ1) is 20.3. The van der Waals surface area contributed by atoms with Crippen molar-refractivity contribution in [1.29, 1.82) is 0 Å². The molecule has 1 amide bonds. The van der Waals surface area contributed by atoms with E-state index in [1.165, 1.54) is 17.2 Å². The van der Waals surface area contributed by atoms with Crippen LogP contribution in [0.1, 0.15) is 36.3 Å². The van der Waals surface area contributed by atoms with E-state index in [0.29, 0.717) is 30.8 Å². The lowest BCUT2D eigenvalue weighted by molar-refractivity contribution is -0.133. The van der Waals surface area contributed by atoms with Gasteiger partial charge in [0.25, 0.3) is 0 Å². The number of rotatable bonds is 6. The van der Waals surface area contributed by atoms with Crippen LogP contribution in [0.2, 0.25) is 0 Å². The third kappa shape index (κ3) is 4.93. The van der Waals surface area contributed by atoms with Gasteiger partial charge in [-0.25, -0.2) is 4.39 Å². The number of likely N-dealkylation sites (tertiary alicyclic amines) is 1. The molecule has 30 heavy (non-hydrogen) atoms. The van der Waals surface area contributed by atoms with Gasteiger partial charge >= 0.3 is 0 Å². The van der Waals surface area contributed by atoms with Gasteiger partial charge in [-0.05, 0) is 49.8 Å². The Hall–Kier alpha value is -3.02. The lowest BCUT2D eigenvalue weighted by Gasteiger charge is -2.32. The zero-order valence-electron chi connectivity index (χ0n) is 17.2. The van der Waals surface area contributed by atoms with Gasteiger partial charge in [0.05, 0.1) is 5.56 Å². The molecule has 1 aliphatic heterocycles. The molecule has 0 aliphatic carbocycles. The van der Waals surface area contributed by atoms with Crippen molar-refractivity contribution < 1.29 is 13.7 Å². The van der Waals surface area contributed by atoms with Crippen LogP contribution in [-0.4, -0.2) is 34.0 Å². The zero-order valence-corrected chi connectivity index (χ0v) is 17.2. The zero-order chi connectivity index (χ0) is 20.9. The first-order chi connectivity index (χ1) is 14.6.